The Kier molecular flexibility index (Phi) is 4.69. The Labute approximate surface area is 101 Å². The van der Waals surface area contributed by atoms with Crippen LogP contribution in [0.4, 0.5) is 0 Å². The number of carbonyl (C=O) groups is 2. The second-order valence-electron chi connectivity index (χ2n) is 4.64. The van der Waals surface area contributed by atoms with Crippen molar-refractivity contribution in [3.63, 3.8) is 0 Å². The molecule has 0 saturated heterocycles. The first-order valence-electron chi connectivity index (χ1n) is 5.89. The van der Waals surface area contributed by atoms with Gasteiger partial charge in [0.1, 0.15) is 0 Å². The van der Waals surface area contributed by atoms with Crippen LogP contribution in [0.1, 0.15) is 32.1 Å². The molecule has 5 nitrogen and oxygen atoms in total. The fraction of sp³-hybridized carbons (Fsp3) is 0.667. The summed E-state index contributed by atoms with van der Waals surface area (Å²) in [5.74, 6) is -1.13. The van der Waals surface area contributed by atoms with Crippen LogP contribution in [0.3, 0.4) is 0 Å². The maximum atomic E-state index is 11.6. The number of carboxylic acids is 1. The van der Waals surface area contributed by atoms with Crippen LogP contribution >= 0.6 is 0 Å². The third-order valence-electron chi connectivity index (χ3n) is 3.37. The number of hydrogen-bond donors (Lipinski definition) is 3. The molecule has 0 aromatic carbocycles. The predicted molar refractivity (Wildman–Crippen MR) is 64.3 cm³/mol. The molecular formula is C12H20N2O3. The van der Waals surface area contributed by atoms with E-state index >= 15 is 0 Å². The van der Waals surface area contributed by atoms with Crippen molar-refractivity contribution in [2.24, 2.45) is 11.1 Å². The highest BCUT2D eigenvalue weighted by Gasteiger charge is 2.41. The monoisotopic (exact) mass is 240 g/mol. The third-order valence-corrected chi connectivity index (χ3v) is 3.37. The van der Waals surface area contributed by atoms with E-state index in [0.29, 0.717) is 19.3 Å². The molecular weight excluding hydrogens is 220 g/mol. The quantitative estimate of drug-likeness (QED) is 0.594. The molecule has 0 aromatic heterocycles. The SMILES string of the molecule is C=CCC(N)C(=O)NCC1(C(=O)O)CCCC1. The van der Waals surface area contributed by atoms with Gasteiger partial charge in [-0.3, -0.25) is 9.59 Å². The summed E-state index contributed by atoms with van der Waals surface area (Å²) in [5.41, 5.74) is 4.81. The molecule has 1 rings (SSSR count). The summed E-state index contributed by atoms with van der Waals surface area (Å²) >= 11 is 0. The molecule has 1 fully saturated rings. The minimum Gasteiger partial charge on any atom is -0.481 e. The predicted octanol–water partition coefficient (Wildman–Crippen LogP) is 0.651. The average Bonchev–Trinajstić information content (AvgIpc) is 2.76. The van der Waals surface area contributed by atoms with Gasteiger partial charge in [0.2, 0.25) is 5.91 Å². The Morgan fingerprint density at radius 1 is 1.47 bits per heavy atom. The fourth-order valence-corrected chi connectivity index (χ4v) is 2.19. The van der Waals surface area contributed by atoms with Gasteiger partial charge in [-0.05, 0) is 19.3 Å². The molecule has 4 N–H and O–H groups in total. The number of hydrogen-bond acceptors (Lipinski definition) is 3. The first-order valence-corrected chi connectivity index (χ1v) is 5.89. The Balaban J connectivity index is 2.50. The molecule has 0 aliphatic heterocycles. The van der Waals surface area contributed by atoms with Crippen LogP contribution in [0.2, 0.25) is 0 Å². The van der Waals surface area contributed by atoms with Crippen molar-refractivity contribution in [3.05, 3.63) is 12.7 Å². The van der Waals surface area contributed by atoms with Crippen LogP contribution in [0.5, 0.6) is 0 Å². The van der Waals surface area contributed by atoms with E-state index in [1.165, 1.54) is 0 Å². The lowest BCUT2D eigenvalue weighted by molar-refractivity contribution is -0.148. The zero-order chi connectivity index (χ0) is 12.9. The second-order valence-corrected chi connectivity index (χ2v) is 4.64. The molecule has 1 aliphatic rings. The van der Waals surface area contributed by atoms with E-state index < -0.39 is 17.4 Å². The summed E-state index contributed by atoms with van der Waals surface area (Å²) < 4.78 is 0. The summed E-state index contributed by atoms with van der Waals surface area (Å²) in [5, 5.41) is 11.9. The Hall–Kier alpha value is -1.36. The number of amides is 1. The van der Waals surface area contributed by atoms with E-state index in [1.54, 1.807) is 6.08 Å². The zero-order valence-electron chi connectivity index (χ0n) is 9.95. The molecule has 1 saturated carbocycles. The number of nitrogens with one attached hydrogen (secondary N) is 1. The van der Waals surface area contributed by atoms with E-state index in [2.05, 4.69) is 11.9 Å². The topological polar surface area (TPSA) is 92.4 Å². The zero-order valence-corrected chi connectivity index (χ0v) is 9.95. The highest BCUT2D eigenvalue weighted by Crippen LogP contribution is 2.37. The maximum absolute atomic E-state index is 11.6. The Morgan fingerprint density at radius 3 is 2.53 bits per heavy atom. The summed E-state index contributed by atoms with van der Waals surface area (Å²) in [7, 11) is 0. The minimum atomic E-state index is -0.826. The lowest BCUT2D eigenvalue weighted by Crippen LogP contribution is -2.47. The van der Waals surface area contributed by atoms with Gasteiger partial charge in [0.05, 0.1) is 11.5 Å². The van der Waals surface area contributed by atoms with Gasteiger partial charge in [0.25, 0.3) is 0 Å². The first kappa shape index (κ1) is 13.7. The first-order chi connectivity index (χ1) is 8.02. The Bertz CT molecular complexity index is 309. The molecule has 17 heavy (non-hydrogen) atoms. The van der Waals surface area contributed by atoms with E-state index in [0.717, 1.165) is 12.8 Å². The van der Waals surface area contributed by atoms with Crippen LogP contribution in [-0.2, 0) is 9.59 Å². The minimum absolute atomic E-state index is 0.173. The van der Waals surface area contributed by atoms with Gasteiger partial charge in [0.15, 0.2) is 0 Å². The highest BCUT2D eigenvalue weighted by molar-refractivity contribution is 5.83. The van der Waals surface area contributed by atoms with Crippen molar-refractivity contribution < 1.29 is 14.7 Å². The van der Waals surface area contributed by atoms with Crippen molar-refractivity contribution in [1.82, 2.24) is 5.32 Å². The van der Waals surface area contributed by atoms with E-state index in [4.69, 9.17) is 5.73 Å². The number of rotatable bonds is 6. The standard InChI is InChI=1S/C12H20N2O3/c1-2-5-9(13)10(15)14-8-12(11(16)17)6-3-4-7-12/h2,9H,1,3-8,13H2,(H,14,15)(H,16,17). The lowest BCUT2D eigenvalue weighted by Gasteiger charge is -2.24. The van der Waals surface area contributed by atoms with Crippen LogP contribution < -0.4 is 11.1 Å². The van der Waals surface area contributed by atoms with E-state index in [9.17, 15) is 14.7 Å². The second kappa shape index (κ2) is 5.82. The fourth-order valence-electron chi connectivity index (χ4n) is 2.19. The van der Waals surface area contributed by atoms with Crippen molar-refractivity contribution >= 4 is 11.9 Å². The molecule has 5 heteroatoms. The van der Waals surface area contributed by atoms with Crippen LogP contribution in [0.25, 0.3) is 0 Å². The number of nitrogens with two attached hydrogens (primary N) is 1. The normalized spacial score (nSPS) is 19.6. The number of carbonyl (C=O) groups excluding carboxylic acids is 1. The van der Waals surface area contributed by atoms with Gasteiger partial charge in [0, 0.05) is 6.54 Å². The summed E-state index contributed by atoms with van der Waals surface area (Å²) in [4.78, 5) is 22.8. The summed E-state index contributed by atoms with van der Waals surface area (Å²) in [6.07, 6.45) is 5.03. The molecule has 1 aliphatic carbocycles. The van der Waals surface area contributed by atoms with Crippen molar-refractivity contribution in [2.45, 2.75) is 38.1 Å². The number of carboxylic acid groups (broad SMARTS) is 1. The lowest BCUT2D eigenvalue weighted by atomic mass is 9.86. The molecule has 1 amide bonds. The van der Waals surface area contributed by atoms with Gasteiger partial charge in [-0.2, -0.15) is 0 Å². The molecule has 96 valence electrons. The average molecular weight is 240 g/mol. The van der Waals surface area contributed by atoms with Crippen LogP contribution in [0, 0.1) is 5.41 Å². The Morgan fingerprint density at radius 2 is 2.06 bits per heavy atom. The number of aliphatic carboxylic acids is 1. The van der Waals surface area contributed by atoms with Gasteiger partial charge >= 0.3 is 5.97 Å². The van der Waals surface area contributed by atoms with Crippen LogP contribution in [-0.4, -0.2) is 29.6 Å². The summed E-state index contributed by atoms with van der Waals surface area (Å²) in [6, 6.07) is -0.639. The molecule has 0 bridgehead atoms. The van der Waals surface area contributed by atoms with Gasteiger partial charge in [-0.1, -0.05) is 18.9 Å². The van der Waals surface area contributed by atoms with Crippen molar-refractivity contribution in [3.8, 4) is 0 Å². The van der Waals surface area contributed by atoms with Crippen LogP contribution in [0.15, 0.2) is 12.7 Å². The molecule has 0 spiro atoms. The third kappa shape index (κ3) is 3.30. The van der Waals surface area contributed by atoms with Crippen molar-refractivity contribution in [2.75, 3.05) is 6.54 Å². The summed E-state index contributed by atoms with van der Waals surface area (Å²) in [6.45, 7) is 3.68. The van der Waals surface area contributed by atoms with Gasteiger partial charge < -0.3 is 16.2 Å². The van der Waals surface area contributed by atoms with Crippen molar-refractivity contribution in [1.29, 1.82) is 0 Å². The highest BCUT2D eigenvalue weighted by atomic mass is 16.4. The molecule has 0 radical (unpaired) electrons. The molecule has 0 aromatic rings. The molecule has 0 heterocycles. The van der Waals surface area contributed by atoms with E-state index in [1.807, 2.05) is 0 Å². The smallest absolute Gasteiger partial charge is 0.311 e. The maximum Gasteiger partial charge on any atom is 0.311 e. The van der Waals surface area contributed by atoms with Gasteiger partial charge in [-0.15, -0.1) is 6.58 Å². The molecule has 1 unspecified atom stereocenters. The van der Waals surface area contributed by atoms with E-state index in [-0.39, 0.29) is 12.5 Å². The van der Waals surface area contributed by atoms with Gasteiger partial charge in [-0.25, -0.2) is 0 Å². The largest absolute Gasteiger partial charge is 0.481 e. The molecule has 1 atom stereocenters.